The summed E-state index contributed by atoms with van der Waals surface area (Å²) in [5.41, 5.74) is 6.23. The lowest BCUT2D eigenvalue weighted by Crippen LogP contribution is -2.37. The lowest BCUT2D eigenvalue weighted by molar-refractivity contribution is -0.120. The number of anilines is 1. The maximum atomic E-state index is 12.4. The molecule has 0 unspecified atom stereocenters. The molecule has 2 aromatic carbocycles. The molecule has 3 rings (SSSR count). The van der Waals surface area contributed by atoms with Crippen LogP contribution in [-0.2, 0) is 11.2 Å². The van der Waals surface area contributed by atoms with Crippen LogP contribution in [0.2, 0.25) is 0 Å². The molecule has 23 heavy (non-hydrogen) atoms. The van der Waals surface area contributed by atoms with Gasteiger partial charge >= 0.3 is 0 Å². The number of carbonyl (C=O) groups is 1. The third kappa shape index (κ3) is 3.39. The van der Waals surface area contributed by atoms with Crippen LogP contribution in [0.5, 0.6) is 0 Å². The first kappa shape index (κ1) is 15.6. The Kier molecular flexibility index (Phi) is 4.37. The minimum absolute atomic E-state index is 0.0275. The SMILES string of the molecule is Cc1ccc([C@H](C)NC(=O)CN2CCc3ccccc32)cc1C. The predicted octanol–water partition coefficient (Wildman–Crippen LogP) is 3.54. The molecule has 3 nitrogen and oxygen atoms in total. The van der Waals surface area contributed by atoms with Gasteiger partial charge in [-0.15, -0.1) is 0 Å². The normalized spacial score (nSPS) is 14.5. The first-order valence-corrected chi connectivity index (χ1v) is 8.24. The molecule has 2 aromatic rings. The standard InChI is InChI=1S/C20H24N2O/c1-14-8-9-18(12-15(14)2)16(3)21-20(23)13-22-11-10-17-6-4-5-7-19(17)22/h4-9,12,16H,10-11,13H2,1-3H3,(H,21,23)/t16-/m0/s1. The van der Waals surface area contributed by atoms with Crippen molar-refractivity contribution in [2.75, 3.05) is 18.0 Å². The van der Waals surface area contributed by atoms with E-state index in [1.165, 1.54) is 22.4 Å². The Balaban J connectivity index is 1.62. The molecule has 1 amide bonds. The molecule has 0 bridgehead atoms. The molecular weight excluding hydrogens is 284 g/mol. The van der Waals surface area contributed by atoms with Crippen molar-refractivity contribution in [2.24, 2.45) is 0 Å². The maximum Gasteiger partial charge on any atom is 0.239 e. The lowest BCUT2D eigenvalue weighted by atomic mass is 10.0. The second-order valence-electron chi connectivity index (χ2n) is 6.43. The zero-order chi connectivity index (χ0) is 16.4. The minimum Gasteiger partial charge on any atom is -0.362 e. The largest absolute Gasteiger partial charge is 0.362 e. The summed E-state index contributed by atoms with van der Waals surface area (Å²) < 4.78 is 0. The van der Waals surface area contributed by atoms with E-state index in [1.807, 2.05) is 13.0 Å². The monoisotopic (exact) mass is 308 g/mol. The Morgan fingerprint density at radius 2 is 1.96 bits per heavy atom. The van der Waals surface area contributed by atoms with Crippen molar-refractivity contribution in [2.45, 2.75) is 33.2 Å². The molecule has 1 atom stereocenters. The number of nitrogens with one attached hydrogen (secondary N) is 1. The molecule has 1 heterocycles. The molecule has 0 spiro atoms. The zero-order valence-corrected chi connectivity index (χ0v) is 14.1. The van der Waals surface area contributed by atoms with Crippen LogP contribution in [0.4, 0.5) is 5.69 Å². The third-order valence-corrected chi connectivity index (χ3v) is 4.73. The Hall–Kier alpha value is -2.29. The summed E-state index contributed by atoms with van der Waals surface area (Å²) in [6.07, 6.45) is 1.02. The van der Waals surface area contributed by atoms with Crippen molar-refractivity contribution in [1.29, 1.82) is 0 Å². The van der Waals surface area contributed by atoms with Crippen molar-refractivity contribution >= 4 is 11.6 Å². The van der Waals surface area contributed by atoms with Gasteiger partial charge in [-0.25, -0.2) is 0 Å². The van der Waals surface area contributed by atoms with Gasteiger partial charge in [0, 0.05) is 12.2 Å². The van der Waals surface area contributed by atoms with Gasteiger partial charge in [0.25, 0.3) is 0 Å². The van der Waals surface area contributed by atoms with Gasteiger partial charge in [0.1, 0.15) is 0 Å². The molecule has 0 saturated heterocycles. The molecule has 3 heteroatoms. The van der Waals surface area contributed by atoms with E-state index in [0.717, 1.165) is 18.5 Å². The Morgan fingerprint density at radius 1 is 1.17 bits per heavy atom. The van der Waals surface area contributed by atoms with Crippen molar-refractivity contribution in [1.82, 2.24) is 5.32 Å². The lowest BCUT2D eigenvalue weighted by Gasteiger charge is -2.21. The zero-order valence-electron chi connectivity index (χ0n) is 14.1. The Labute approximate surface area is 138 Å². The molecule has 1 N–H and O–H groups in total. The van der Waals surface area contributed by atoms with Gasteiger partial charge in [-0.1, -0.05) is 36.4 Å². The van der Waals surface area contributed by atoms with E-state index in [1.54, 1.807) is 0 Å². The summed E-state index contributed by atoms with van der Waals surface area (Å²) in [5, 5.41) is 3.12. The number of carbonyl (C=O) groups excluding carboxylic acids is 1. The van der Waals surface area contributed by atoms with Crippen LogP contribution in [0.15, 0.2) is 42.5 Å². The van der Waals surface area contributed by atoms with Gasteiger partial charge in [-0.2, -0.15) is 0 Å². The number of hydrogen-bond acceptors (Lipinski definition) is 2. The average Bonchev–Trinajstić information content (AvgIpc) is 2.93. The number of para-hydroxylation sites is 1. The molecule has 0 aromatic heterocycles. The van der Waals surface area contributed by atoms with E-state index in [4.69, 9.17) is 0 Å². The van der Waals surface area contributed by atoms with E-state index in [2.05, 4.69) is 60.5 Å². The summed E-state index contributed by atoms with van der Waals surface area (Å²) >= 11 is 0. The number of fused-ring (bicyclic) bond motifs is 1. The highest BCUT2D eigenvalue weighted by Gasteiger charge is 2.21. The molecule has 0 aliphatic carbocycles. The fourth-order valence-electron chi connectivity index (χ4n) is 3.15. The molecule has 120 valence electrons. The van der Waals surface area contributed by atoms with E-state index in [0.29, 0.717) is 6.54 Å². The van der Waals surface area contributed by atoms with Crippen molar-refractivity contribution in [3.8, 4) is 0 Å². The van der Waals surface area contributed by atoms with Crippen LogP contribution >= 0.6 is 0 Å². The van der Waals surface area contributed by atoms with Crippen LogP contribution in [-0.4, -0.2) is 19.0 Å². The van der Waals surface area contributed by atoms with Crippen molar-refractivity contribution in [3.63, 3.8) is 0 Å². The average molecular weight is 308 g/mol. The fourth-order valence-corrected chi connectivity index (χ4v) is 3.15. The highest BCUT2D eigenvalue weighted by Crippen LogP contribution is 2.27. The molecule has 1 aliphatic heterocycles. The second-order valence-corrected chi connectivity index (χ2v) is 6.43. The summed E-state index contributed by atoms with van der Waals surface area (Å²) in [6.45, 7) is 7.60. The van der Waals surface area contributed by atoms with Crippen LogP contribution in [0, 0.1) is 13.8 Å². The smallest absolute Gasteiger partial charge is 0.239 e. The van der Waals surface area contributed by atoms with Gasteiger partial charge < -0.3 is 10.2 Å². The van der Waals surface area contributed by atoms with Gasteiger partial charge in [0.2, 0.25) is 5.91 Å². The van der Waals surface area contributed by atoms with Gasteiger partial charge in [-0.05, 0) is 55.5 Å². The van der Waals surface area contributed by atoms with Gasteiger partial charge in [0.05, 0.1) is 12.6 Å². The molecule has 0 saturated carbocycles. The van der Waals surface area contributed by atoms with E-state index < -0.39 is 0 Å². The Morgan fingerprint density at radius 3 is 2.74 bits per heavy atom. The van der Waals surface area contributed by atoms with Crippen LogP contribution in [0.3, 0.4) is 0 Å². The molecular formula is C20H24N2O. The van der Waals surface area contributed by atoms with Gasteiger partial charge in [0.15, 0.2) is 0 Å². The van der Waals surface area contributed by atoms with Crippen molar-refractivity contribution < 1.29 is 4.79 Å². The first-order valence-electron chi connectivity index (χ1n) is 8.24. The molecule has 1 aliphatic rings. The predicted molar refractivity (Wildman–Crippen MR) is 94.8 cm³/mol. The van der Waals surface area contributed by atoms with E-state index in [9.17, 15) is 4.79 Å². The topological polar surface area (TPSA) is 32.3 Å². The van der Waals surface area contributed by atoms with Crippen LogP contribution in [0.1, 0.15) is 35.2 Å². The van der Waals surface area contributed by atoms with Crippen LogP contribution < -0.4 is 10.2 Å². The van der Waals surface area contributed by atoms with E-state index >= 15 is 0 Å². The highest BCUT2D eigenvalue weighted by molar-refractivity contribution is 5.82. The Bertz CT molecular complexity index is 723. The summed E-state index contributed by atoms with van der Waals surface area (Å²) in [7, 11) is 0. The first-order chi connectivity index (χ1) is 11.0. The number of rotatable bonds is 4. The summed E-state index contributed by atoms with van der Waals surface area (Å²) in [5.74, 6) is 0.0763. The summed E-state index contributed by atoms with van der Waals surface area (Å²) in [6, 6.07) is 14.7. The highest BCUT2D eigenvalue weighted by atomic mass is 16.2. The third-order valence-electron chi connectivity index (χ3n) is 4.73. The number of hydrogen-bond donors (Lipinski definition) is 1. The maximum absolute atomic E-state index is 12.4. The van der Waals surface area contributed by atoms with E-state index in [-0.39, 0.29) is 11.9 Å². The summed E-state index contributed by atoms with van der Waals surface area (Å²) in [4.78, 5) is 14.6. The number of benzene rings is 2. The minimum atomic E-state index is 0.0275. The fraction of sp³-hybridized carbons (Fsp3) is 0.350. The van der Waals surface area contributed by atoms with Gasteiger partial charge in [-0.3, -0.25) is 4.79 Å². The molecule has 0 fully saturated rings. The van der Waals surface area contributed by atoms with Crippen LogP contribution in [0.25, 0.3) is 0 Å². The number of aryl methyl sites for hydroxylation is 2. The van der Waals surface area contributed by atoms with Crippen molar-refractivity contribution in [3.05, 3.63) is 64.7 Å². The second kappa shape index (κ2) is 6.45. The molecule has 0 radical (unpaired) electrons. The number of nitrogens with zero attached hydrogens (tertiary/aromatic N) is 1. The number of amides is 1. The quantitative estimate of drug-likeness (QED) is 0.937.